The van der Waals surface area contributed by atoms with Crippen LogP contribution in [0.1, 0.15) is 34.3 Å². The number of carbonyl (C=O) groups excluding carboxylic acids is 2. The molecule has 0 saturated carbocycles. The van der Waals surface area contributed by atoms with Crippen LogP contribution < -0.4 is 16.0 Å². The fourth-order valence-corrected chi connectivity index (χ4v) is 3.09. The van der Waals surface area contributed by atoms with E-state index in [4.69, 9.17) is 0 Å². The van der Waals surface area contributed by atoms with Gasteiger partial charge < -0.3 is 16.0 Å². The molecule has 0 aromatic heterocycles. The number of piperidine rings is 1. The molecule has 2 amide bonds. The Bertz CT molecular complexity index is 765. The van der Waals surface area contributed by atoms with E-state index in [9.17, 15) is 9.59 Å². The summed E-state index contributed by atoms with van der Waals surface area (Å²) >= 11 is 0. The van der Waals surface area contributed by atoms with Crippen LogP contribution in [-0.2, 0) is 11.3 Å². The topological polar surface area (TPSA) is 70.2 Å². The van der Waals surface area contributed by atoms with Gasteiger partial charge in [-0.25, -0.2) is 0 Å². The third-order valence-corrected chi connectivity index (χ3v) is 4.71. The van der Waals surface area contributed by atoms with Crippen LogP contribution in [0.2, 0.25) is 0 Å². The SMILES string of the molecule is Cc1ccc(CNC(=O)c2ccccc2NC(=O)C2CCNCC2)cc1. The van der Waals surface area contributed by atoms with Crippen molar-refractivity contribution < 1.29 is 9.59 Å². The molecule has 1 aliphatic heterocycles. The highest BCUT2D eigenvalue weighted by molar-refractivity contribution is 6.04. The number of hydrogen-bond donors (Lipinski definition) is 3. The zero-order chi connectivity index (χ0) is 18.4. The molecule has 0 spiro atoms. The first-order chi connectivity index (χ1) is 12.6. The predicted octanol–water partition coefficient (Wildman–Crippen LogP) is 2.86. The molecule has 3 rings (SSSR count). The van der Waals surface area contributed by atoms with Gasteiger partial charge in [0.2, 0.25) is 5.91 Å². The Balaban J connectivity index is 1.64. The first-order valence-corrected chi connectivity index (χ1v) is 9.08. The van der Waals surface area contributed by atoms with E-state index in [1.54, 1.807) is 18.2 Å². The molecular weight excluding hydrogens is 326 g/mol. The summed E-state index contributed by atoms with van der Waals surface area (Å²) < 4.78 is 0. The Kier molecular flexibility index (Phi) is 6.02. The van der Waals surface area contributed by atoms with Crippen LogP contribution in [0.3, 0.4) is 0 Å². The molecule has 1 saturated heterocycles. The molecule has 0 bridgehead atoms. The van der Waals surface area contributed by atoms with Gasteiger partial charge in [-0.05, 0) is 50.6 Å². The molecule has 2 aromatic rings. The molecule has 0 unspecified atom stereocenters. The predicted molar refractivity (Wildman–Crippen MR) is 103 cm³/mol. The molecule has 136 valence electrons. The second kappa shape index (κ2) is 8.63. The molecule has 0 atom stereocenters. The number of amides is 2. The van der Waals surface area contributed by atoms with E-state index in [2.05, 4.69) is 16.0 Å². The van der Waals surface area contributed by atoms with Crippen molar-refractivity contribution >= 4 is 17.5 Å². The average molecular weight is 351 g/mol. The standard InChI is InChI=1S/C21H25N3O2/c1-15-6-8-16(9-7-15)14-23-21(26)18-4-2-3-5-19(18)24-20(25)17-10-12-22-13-11-17/h2-9,17,22H,10-14H2,1H3,(H,23,26)(H,24,25). The first-order valence-electron chi connectivity index (χ1n) is 9.08. The van der Waals surface area contributed by atoms with Gasteiger partial charge in [0.15, 0.2) is 0 Å². The quantitative estimate of drug-likeness (QED) is 0.776. The highest BCUT2D eigenvalue weighted by Gasteiger charge is 2.22. The number of carbonyl (C=O) groups is 2. The van der Waals surface area contributed by atoms with Crippen LogP contribution in [0.25, 0.3) is 0 Å². The molecule has 3 N–H and O–H groups in total. The Hall–Kier alpha value is -2.66. The molecule has 5 nitrogen and oxygen atoms in total. The Morgan fingerprint density at radius 1 is 1.04 bits per heavy atom. The van der Waals surface area contributed by atoms with E-state index < -0.39 is 0 Å². The Morgan fingerprint density at radius 2 is 1.73 bits per heavy atom. The lowest BCUT2D eigenvalue weighted by atomic mass is 9.97. The molecule has 1 fully saturated rings. The Labute approximate surface area is 154 Å². The van der Waals surface area contributed by atoms with E-state index in [1.807, 2.05) is 37.3 Å². The van der Waals surface area contributed by atoms with Gasteiger partial charge in [-0.2, -0.15) is 0 Å². The minimum atomic E-state index is -0.188. The third kappa shape index (κ3) is 4.70. The van der Waals surface area contributed by atoms with Gasteiger partial charge in [-0.1, -0.05) is 42.0 Å². The van der Waals surface area contributed by atoms with Crippen molar-refractivity contribution in [1.29, 1.82) is 0 Å². The van der Waals surface area contributed by atoms with Crippen LogP contribution in [0, 0.1) is 12.8 Å². The van der Waals surface area contributed by atoms with Crippen LogP contribution in [-0.4, -0.2) is 24.9 Å². The third-order valence-electron chi connectivity index (χ3n) is 4.71. The summed E-state index contributed by atoms with van der Waals surface area (Å²) in [6.45, 7) is 4.20. The van der Waals surface area contributed by atoms with Gasteiger partial charge in [0.25, 0.3) is 5.91 Å². The summed E-state index contributed by atoms with van der Waals surface area (Å²) in [7, 11) is 0. The minimum Gasteiger partial charge on any atom is -0.348 e. The highest BCUT2D eigenvalue weighted by Crippen LogP contribution is 2.19. The van der Waals surface area contributed by atoms with Gasteiger partial charge in [-0.15, -0.1) is 0 Å². The van der Waals surface area contributed by atoms with E-state index in [-0.39, 0.29) is 17.7 Å². The van der Waals surface area contributed by atoms with Crippen LogP contribution >= 0.6 is 0 Å². The van der Waals surface area contributed by atoms with Crippen LogP contribution in [0.15, 0.2) is 48.5 Å². The number of hydrogen-bond acceptors (Lipinski definition) is 3. The summed E-state index contributed by atoms with van der Waals surface area (Å²) in [4.78, 5) is 25.1. The zero-order valence-corrected chi connectivity index (χ0v) is 15.0. The lowest BCUT2D eigenvalue weighted by Gasteiger charge is -2.22. The maximum absolute atomic E-state index is 12.6. The maximum atomic E-state index is 12.6. The van der Waals surface area contributed by atoms with E-state index in [0.29, 0.717) is 17.8 Å². The lowest BCUT2D eigenvalue weighted by molar-refractivity contribution is -0.120. The fraction of sp³-hybridized carbons (Fsp3) is 0.333. The van der Waals surface area contributed by atoms with Crippen molar-refractivity contribution in [1.82, 2.24) is 10.6 Å². The molecule has 1 heterocycles. The van der Waals surface area contributed by atoms with Gasteiger partial charge in [0.05, 0.1) is 11.3 Å². The second-order valence-corrected chi connectivity index (χ2v) is 6.73. The van der Waals surface area contributed by atoms with Crippen molar-refractivity contribution in [2.75, 3.05) is 18.4 Å². The number of para-hydroxylation sites is 1. The summed E-state index contributed by atoms with van der Waals surface area (Å²) in [5, 5.41) is 9.12. The number of nitrogens with one attached hydrogen (secondary N) is 3. The molecule has 2 aromatic carbocycles. The molecular formula is C21H25N3O2. The fourth-order valence-electron chi connectivity index (χ4n) is 3.09. The van der Waals surface area contributed by atoms with E-state index in [0.717, 1.165) is 31.5 Å². The summed E-state index contributed by atoms with van der Waals surface area (Å²) in [6.07, 6.45) is 1.65. The number of anilines is 1. The first kappa shape index (κ1) is 18.1. The van der Waals surface area contributed by atoms with Crippen molar-refractivity contribution in [2.24, 2.45) is 5.92 Å². The van der Waals surface area contributed by atoms with Crippen molar-refractivity contribution in [3.63, 3.8) is 0 Å². The molecule has 1 aliphatic rings. The zero-order valence-electron chi connectivity index (χ0n) is 15.0. The largest absolute Gasteiger partial charge is 0.348 e. The van der Waals surface area contributed by atoms with Gasteiger partial charge >= 0.3 is 0 Å². The lowest BCUT2D eigenvalue weighted by Crippen LogP contribution is -2.35. The molecule has 26 heavy (non-hydrogen) atoms. The van der Waals surface area contributed by atoms with Gasteiger partial charge in [0.1, 0.15) is 0 Å². The Morgan fingerprint density at radius 3 is 2.46 bits per heavy atom. The van der Waals surface area contributed by atoms with Gasteiger partial charge in [-0.3, -0.25) is 9.59 Å². The molecule has 5 heteroatoms. The molecule has 0 aliphatic carbocycles. The van der Waals surface area contributed by atoms with Crippen molar-refractivity contribution in [3.8, 4) is 0 Å². The highest BCUT2D eigenvalue weighted by atomic mass is 16.2. The summed E-state index contributed by atoms with van der Waals surface area (Å²) in [5.74, 6) is -0.197. The van der Waals surface area contributed by atoms with Crippen molar-refractivity contribution in [3.05, 3.63) is 65.2 Å². The van der Waals surface area contributed by atoms with E-state index >= 15 is 0 Å². The number of aryl methyl sites for hydroxylation is 1. The van der Waals surface area contributed by atoms with Crippen LogP contribution in [0.4, 0.5) is 5.69 Å². The van der Waals surface area contributed by atoms with E-state index in [1.165, 1.54) is 5.56 Å². The number of rotatable bonds is 5. The maximum Gasteiger partial charge on any atom is 0.253 e. The second-order valence-electron chi connectivity index (χ2n) is 6.73. The molecule has 0 radical (unpaired) electrons. The smallest absolute Gasteiger partial charge is 0.253 e. The average Bonchev–Trinajstić information content (AvgIpc) is 2.68. The van der Waals surface area contributed by atoms with Gasteiger partial charge in [0, 0.05) is 12.5 Å². The van der Waals surface area contributed by atoms with Crippen LogP contribution in [0.5, 0.6) is 0 Å². The number of benzene rings is 2. The van der Waals surface area contributed by atoms with Crippen molar-refractivity contribution in [2.45, 2.75) is 26.3 Å². The summed E-state index contributed by atoms with van der Waals surface area (Å²) in [6, 6.07) is 15.2. The normalized spacial score (nSPS) is 14.7. The minimum absolute atomic E-state index is 0.0000687. The monoisotopic (exact) mass is 351 g/mol. The summed E-state index contributed by atoms with van der Waals surface area (Å²) in [5.41, 5.74) is 3.28.